The summed E-state index contributed by atoms with van der Waals surface area (Å²) in [5, 5.41) is 11.8. The predicted molar refractivity (Wildman–Crippen MR) is 64.0 cm³/mol. The Morgan fingerprint density at radius 3 is 2.88 bits per heavy atom. The Kier molecular flexibility index (Phi) is 3.00. The van der Waals surface area contributed by atoms with Crippen LogP contribution in [0, 0.1) is 0 Å². The fourth-order valence-electron chi connectivity index (χ4n) is 1.43. The fraction of sp³-hybridized carbons (Fsp3) is 0.0833. The zero-order valence-electron chi connectivity index (χ0n) is 9.21. The van der Waals surface area contributed by atoms with Crippen molar-refractivity contribution in [3.05, 3.63) is 42.1 Å². The highest BCUT2D eigenvalue weighted by Gasteiger charge is 2.06. The number of nitrogens with zero attached hydrogens (tertiary/aromatic N) is 2. The smallest absolute Gasteiger partial charge is 0.335 e. The quantitative estimate of drug-likeness (QED) is 0.840. The number of hydrogen-bond acceptors (Lipinski definition) is 4. The van der Waals surface area contributed by atoms with Crippen molar-refractivity contribution in [1.82, 2.24) is 9.97 Å². The number of hydrogen-bond donors (Lipinski definition) is 2. The normalized spacial score (nSPS) is 9.94. The second-order valence-electron chi connectivity index (χ2n) is 3.40. The van der Waals surface area contributed by atoms with Crippen molar-refractivity contribution in [2.75, 3.05) is 12.4 Å². The molecule has 2 rings (SSSR count). The van der Waals surface area contributed by atoms with E-state index in [1.165, 1.54) is 6.07 Å². The van der Waals surface area contributed by atoms with Gasteiger partial charge in [-0.1, -0.05) is 12.1 Å². The number of carbonyl (C=O) groups is 1. The molecule has 0 unspecified atom stereocenters. The Morgan fingerprint density at radius 2 is 2.18 bits per heavy atom. The zero-order chi connectivity index (χ0) is 12.3. The first-order valence-corrected chi connectivity index (χ1v) is 5.05. The minimum atomic E-state index is -0.961. The Morgan fingerprint density at radius 1 is 1.35 bits per heavy atom. The minimum absolute atomic E-state index is 0.223. The first-order valence-electron chi connectivity index (χ1n) is 5.05. The maximum Gasteiger partial charge on any atom is 0.335 e. The number of anilines is 1. The fourth-order valence-corrected chi connectivity index (χ4v) is 1.43. The highest BCUT2D eigenvalue weighted by atomic mass is 16.4. The van der Waals surface area contributed by atoms with Crippen LogP contribution in [0.4, 0.5) is 5.82 Å². The Balaban J connectivity index is 2.45. The summed E-state index contributed by atoms with van der Waals surface area (Å²) in [6, 6.07) is 8.28. The zero-order valence-corrected chi connectivity index (χ0v) is 9.21. The van der Waals surface area contributed by atoms with Crippen LogP contribution in [0.2, 0.25) is 0 Å². The van der Waals surface area contributed by atoms with Crippen molar-refractivity contribution in [3.63, 3.8) is 0 Å². The lowest BCUT2D eigenvalue weighted by molar-refractivity contribution is 0.0697. The van der Waals surface area contributed by atoms with Gasteiger partial charge in [0.15, 0.2) is 5.82 Å². The third-order valence-corrected chi connectivity index (χ3v) is 2.28. The summed E-state index contributed by atoms with van der Waals surface area (Å²) in [7, 11) is 1.76. The average Bonchev–Trinajstić information content (AvgIpc) is 2.39. The molecule has 5 heteroatoms. The molecule has 0 aliphatic heterocycles. The van der Waals surface area contributed by atoms with Crippen molar-refractivity contribution >= 4 is 11.8 Å². The van der Waals surface area contributed by atoms with Crippen molar-refractivity contribution in [2.24, 2.45) is 0 Å². The van der Waals surface area contributed by atoms with Crippen LogP contribution in [0.5, 0.6) is 0 Å². The molecule has 0 saturated carbocycles. The molecule has 2 aromatic rings. The van der Waals surface area contributed by atoms with E-state index in [0.29, 0.717) is 17.2 Å². The van der Waals surface area contributed by atoms with Crippen LogP contribution in [0.1, 0.15) is 10.4 Å². The third-order valence-electron chi connectivity index (χ3n) is 2.28. The average molecular weight is 229 g/mol. The number of aromatic nitrogens is 2. The summed E-state index contributed by atoms with van der Waals surface area (Å²) in [6.45, 7) is 0. The molecular weight excluding hydrogens is 218 g/mol. The second-order valence-corrected chi connectivity index (χ2v) is 3.40. The maximum atomic E-state index is 10.9. The lowest BCUT2D eigenvalue weighted by atomic mass is 10.1. The molecular formula is C12H11N3O2. The van der Waals surface area contributed by atoms with E-state index in [1.54, 1.807) is 37.5 Å². The Hall–Kier alpha value is -2.43. The van der Waals surface area contributed by atoms with E-state index in [4.69, 9.17) is 5.11 Å². The van der Waals surface area contributed by atoms with Crippen LogP contribution in [0.25, 0.3) is 11.4 Å². The van der Waals surface area contributed by atoms with Gasteiger partial charge in [-0.25, -0.2) is 14.8 Å². The highest BCUT2D eigenvalue weighted by Crippen LogP contribution is 2.17. The molecule has 5 nitrogen and oxygen atoms in total. The molecule has 17 heavy (non-hydrogen) atoms. The molecule has 0 saturated heterocycles. The molecule has 0 aliphatic carbocycles. The van der Waals surface area contributed by atoms with Crippen molar-refractivity contribution < 1.29 is 9.90 Å². The van der Waals surface area contributed by atoms with Crippen LogP contribution < -0.4 is 5.32 Å². The van der Waals surface area contributed by atoms with Crippen LogP contribution in [-0.4, -0.2) is 28.1 Å². The molecule has 1 aromatic carbocycles. The number of benzene rings is 1. The summed E-state index contributed by atoms with van der Waals surface area (Å²) >= 11 is 0. The molecule has 0 bridgehead atoms. The minimum Gasteiger partial charge on any atom is -0.478 e. The second kappa shape index (κ2) is 4.61. The summed E-state index contributed by atoms with van der Waals surface area (Å²) < 4.78 is 0. The monoisotopic (exact) mass is 229 g/mol. The van der Waals surface area contributed by atoms with E-state index in [2.05, 4.69) is 15.3 Å². The first-order chi connectivity index (χ1) is 8.20. The summed E-state index contributed by atoms with van der Waals surface area (Å²) in [6.07, 6.45) is 1.63. The molecule has 1 heterocycles. The summed E-state index contributed by atoms with van der Waals surface area (Å²) in [5.41, 5.74) is 0.906. The molecule has 86 valence electrons. The summed E-state index contributed by atoms with van der Waals surface area (Å²) in [4.78, 5) is 19.2. The van der Waals surface area contributed by atoms with Crippen molar-refractivity contribution in [3.8, 4) is 11.4 Å². The lowest BCUT2D eigenvalue weighted by Crippen LogP contribution is -1.98. The SMILES string of the molecule is CNc1ccnc(-c2cccc(C(=O)O)c2)n1. The first kappa shape index (κ1) is 11.1. The standard InChI is InChI=1S/C12H11N3O2/c1-13-10-5-6-14-11(15-10)8-3-2-4-9(7-8)12(16)17/h2-7H,1H3,(H,16,17)(H,13,14,15). The molecule has 0 amide bonds. The largest absolute Gasteiger partial charge is 0.478 e. The summed E-state index contributed by atoms with van der Waals surface area (Å²) in [5.74, 6) is 0.229. The third kappa shape index (κ3) is 2.39. The molecule has 0 fully saturated rings. The van der Waals surface area contributed by atoms with E-state index < -0.39 is 5.97 Å². The van der Waals surface area contributed by atoms with Gasteiger partial charge >= 0.3 is 5.97 Å². The predicted octanol–water partition coefficient (Wildman–Crippen LogP) is 1.88. The maximum absolute atomic E-state index is 10.9. The van der Waals surface area contributed by atoms with Gasteiger partial charge in [-0.3, -0.25) is 0 Å². The van der Waals surface area contributed by atoms with Gasteiger partial charge in [-0.05, 0) is 18.2 Å². The number of rotatable bonds is 3. The van der Waals surface area contributed by atoms with Gasteiger partial charge < -0.3 is 10.4 Å². The van der Waals surface area contributed by atoms with Crippen LogP contribution >= 0.6 is 0 Å². The molecule has 0 aliphatic rings. The van der Waals surface area contributed by atoms with E-state index >= 15 is 0 Å². The molecule has 0 atom stereocenters. The van der Waals surface area contributed by atoms with Crippen molar-refractivity contribution in [1.29, 1.82) is 0 Å². The van der Waals surface area contributed by atoms with Gasteiger partial charge in [0, 0.05) is 18.8 Å². The number of nitrogens with one attached hydrogen (secondary N) is 1. The van der Waals surface area contributed by atoms with Crippen LogP contribution in [-0.2, 0) is 0 Å². The number of aromatic carboxylic acids is 1. The number of carboxylic acid groups (broad SMARTS) is 1. The van der Waals surface area contributed by atoms with Gasteiger partial charge in [-0.15, -0.1) is 0 Å². The lowest BCUT2D eigenvalue weighted by Gasteiger charge is -2.03. The van der Waals surface area contributed by atoms with Gasteiger partial charge in [0.05, 0.1) is 5.56 Å². The Bertz CT molecular complexity index is 555. The molecule has 2 N–H and O–H groups in total. The van der Waals surface area contributed by atoms with Crippen molar-refractivity contribution in [2.45, 2.75) is 0 Å². The van der Waals surface area contributed by atoms with Gasteiger partial charge in [0.25, 0.3) is 0 Å². The van der Waals surface area contributed by atoms with Gasteiger partial charge in [-0.2, -0.15) is 0 Å². The number of carboxylic acids is 1. The van der Waals surface area contributed by atoms with E-state index in [-0.39, 0.29) is 5.56 Å². The molecule has 0 radical (unpaired) electrons. The van der Waals surface area contributed by atoms with Crippen LogP contribution in [0.15, 0.2) is 36.5 Å². The van der Waals surface area contributed by atoms with E-state index in [9.17, 15) is 4.79 Å². The molecule has 0 spiro atoms. The topological polar surface area (TPSA) is 75.1 Å². The van der Waals surface area contributed by atoms with E-state index in [0.717, 1.165) is 0 Å². The van der Waals surface area contributed by atoms with E-state index in [1.807, 2.05) is 0 Å². The molecule has 1 aromatic heterocycles. The Labute approximate surface area is 98.2 Å². The van der Waals surface area contributed by atoms with Crippen LogP contribution in [0.3, 0.4) is 0 Å². The van der Waals surface area contributed by atoms with Gasteiger partial charge in [0.1, 0.15) is 5.82 Å². The van der Waals surface area contributed by atoms with Gasteiger partial charge in [0.2, 0.25) is 0 Å². The highest BCUT2D eigenvalue weighted by molar-refractivity contribution is 5.89.